The maximum absolute atomic E-state index is 11.5. The second-order valence-corrected chi connectivity index (χ2v) is 7.54. The van der Waals surface area contributed by atoms with Crippen molar-refractivity contribution < 1.29 is 14.6 Å². The minimum atomic E-state index is -0.780. The van der Waals surface area contributed by atoms with E-state index >= 15 is 0 Å². The highest BCUT2D eigenvalue weighted by Crippen LogP contribution is 2.29. The van der Waals surface area contributed by atoms with E-state index in [9.17, 15) is 9.90 Å². The molecule has 0 saturated carbocycles. The molecule has 0 radical (unpaired) electrons. The molecule has 1 fully saturated rings. The van der Waals surface area contributed by atoms with Crippen molar-refractivity contribution >= 4 is 34.6 Å². The fourth-order valence-electron chi connectivity index (χ4n) is 3.82. The van der Waals surface area contributed by atoms with Crippen molar-refractivity contribution in [1.82, 2.24) is 24.7 Å². The van der Waals surface area contributed by atoms with Gasteiger partial charge in [0.1, 0.15) is 16.9 Å². The lowest BCUT2D eigenvalue weighted by Crippen LogP contribution is -2.39. The molecule has 10 nitrogen and oxygen atoms in total. The maximum Gasteiger partial charge on any atom is 0.308 e. The standard InChI is InChI=1S/C21H27N7O3/c1-3-31-12-11-28-18-17(14(2)26-28)24-21(27-10-6-7-15(13-27)20(29)30)25-19(18)23-16-8-4-5-9-22-16/h4-5,8-9,15H,3,6-7,10-13H2,1-2H3,(H,29,30)(H,22,23,24,25)/t15-/m1/s1. The summed E-state index contributed by atoms with van der Waals surface area (Å²) in [5.41, 5.74) is 2.29. The van der Waals surface area contributed by atoms with Crippen LogP contribution in [0.4, 0.5) is 17.6 Å². The van der Waals surface area contributed by atoms with Crippen LogP contribution in [0.2, 0.25) is 0 Å². The number of aryl methyl sites for hydroxylation is 1. The van der Waals surface area contributed by atoms with Gasteiger partial charge in [0.15, 0.2) is 5.82 Å². The van der Waals surface area contributed by atoms with E-state index in [0.29, 0.717) is 50.3 Å². The van der Waals surface area contributed by atoms with Crippen LogP contribution in [0.15, 0.2) is 24.4 Å². The smallest absolute Gasteiger partial charge is 0.308 e. The highest BCUT2D eigenvalue weighted by Gasteiger charge is 2.28. The van der Waals surface area contributed by atoms with Crippen molar-refractivity contribution in [2.45, 2.75) is 33.2 Å². The van der Waals surface area contributed by atoms with Gasteiger partial charge in [0, 0.05) is 25.9 Å². The van der Waals surface area contributed by atoms with Gasteiger partial charge in [0.05, 0.1) is 24.8 Å². The molecule has 1 atom stereocenters. The Balaban J connectivity index is 1.76. The van der Waals surface area contributed by atoms with E-state index in [2.05, 4.69) is 15.4 Å². The molecule has 4 rings (SSSR count). The van der Waals surface area contributed by atoms with Gasteiger partial charge in [0.25, 0.3) is 0 Å². The summed E-state index contributed by atoms with van der Waals surface area (Å²) in [4.78, 5) is 27.4. The van der Waals surface area contributed by atoms with Crippen molar-refractivity contribution in [2.24, 2.45) is 5.92 Å². The number of pyridine rings is 1. The number of carboxylic acid groups (broad SMARTS) is 1. The van der Waals surface area contributed by atoms with Crippen LogP contribution in [0, 0.1) is 12.8 Å². The molecule has 0 spiro atoms. The number of nitrogens with one attached hydrogen (secondary N) is 1. The Morgan fingerprint density at radius 3 is 2.97 bits per heavy atom. The predicted octanol–water partition coefficient (Wildman–Crippen LogP) is 2.61. The zero-order chi connectivity index (χ0) is 21.8. The summed E-state index contributed by atoms with van der Waals surface area (Å²) in [6.45, 7) is 6.72. The molecule has 0 aliphatic carbocycles. The Morgan fingerprint density at radius 1 is 1.35 bits per heavy atom. The minimum Gasteiger partial charge on any atom is -0.481 e. The van der Waals surface area contributed by atoms with Gasteiger partial charge in [0.2, 0.25) is 5.95 Å². The number of carbonyl (C=O) groups is 1. The Bertz CT molecular complexity index is 1050. The maximum atomic E-state index is 11.5. The first-order valence-electron chi connectivity index (χ1n) is 10.6. The molecule has 1 saturated heterocycles. The molecule has 0 amide bonds. The molecule has 0 bridgehead atoms. The number of anilines is 3. The molecule has 164 valence electrons. The number of hydrogen-bond acceptors (Lipinski definition) is 8. The number of rotatable bonds is 8. The largest absolute Gasteiger partial charge is 0.481 e. The predicted molar refractivity (Wildman–Crippen MR) is 117 cm³/mol. The number of carboxylic acids is 1. The third-order valence-corrected chi connectivity index (χ3v) is 5.36. The van der Waals surface area contributed by atoms with Gasteiger partial charge in [-0.2, -0.15) is 10.1 Å². The molecular weight excluding hydrogens is 398 g/mol. The fraction of sp³-hybridized carbons (Fsp3) is 0.476. The Labute approximate surface area is 180 Å². The molecular formula is C21H27N7O3. The average molecular weight is 425 g/mol. The van der Waals surface area contributed by atoms with E-state index in [1.165, 1.54) is 0 Å². The van der Waals surface area contributed by atoms with Crippen molar-refractivity contribution in [3.63, 3.8) is 0 Å². The molecule has 1 aliphatic heterocycles. The summed E-state index contributed by atoms with van der Waals surface area (Å²) in [6.07, 6.45) is 3.16. The monoisotopic (exact) mass is 425 g/mol. The van der Waals surface area contributed by atoms with Gasteiger partial charge in [-0.3, -0.25) is 9.48 Å². The lowest BCUT2D eigenvalue weighted by atomic mass is 9.99. The first-order chi connectivity index (χ1) is 15.1. The summed E-state index contributed by atoms with van der Waals surface area (Å²) in [5.74, 6) is 0.552. The third kappa shape index (κ3) is 4.58. The summed E-state index contributed by atoms with van der Waals surface area (Å²) < 4.78 is 7.36. The molecule has 3 aromatic rings. The summed E-state index contributed by atoms with van der Waals surface area (Å²) in [6, 6.07) is 5.61. The van der Waals surface area contributed by atoms with E-state index in [1.807, 2.05) is 41.6 Å². The first kappa shape index (κ1) is 21.0. The summed E-state index contributed by atoms with van der Waals surface area (Å²) in [5, 5.41) is 17.4. The lowest BCUT2D eigenvalue weighted by molar-refractivity contribution is -0.141. The number of fused-ring (bicyclic) bond motifs is 1. The van der Waals surface area contributed by atoms with Crippen LogP contribution in [0.25, 0.3) is 11.0 Å². The number of ether oxygens (including phenoxy) is 1. The van der Waals surface area contributed by atoms with Gasteiger partial charge in [-0.05, 0) is 38.8 Å². The van der Waals surface area contributed by atoms with Crippen molar-refractivity contribution in [3.8, 4) is 0 Å². The van der Waals surface area contributed by atoms with Crippen LogP contribution >= 0.6 is 0 Å². The molecule has 10 heteroatoms. The van der Waals surface area contributed by atoms with E-state index in [1.54, 1.807) is 6.20 Å². The molecule has 2 N–H and O–H groups in total. The highest BCUT2D eigenvalue weighted by molar-refractivity contribution is 5.90. The van der Waals surface area contributed by atoms with Gasteiger partial charge < -0.3 is 20.1 Å². The van der Waals surface area contributed by atoms with Crippen molar-refractivity contribution in [2.75, 3.05) is 36.5 Å². The number of piperidine rings is 1. The first-order valence-corrected chi connectivity index (χ1v) is 10.6. The van der Waals surface area contributed by atoms with Gasteiger partial charge >= 0.3 is 5.97 Å². The van der Waals surface area contributed by atoms with Gasteiger partial charge in [-0.15, -0.1) is 0 Å². The van der Waals surface area contributed by atoms with Crippen LogP contribution in [-0.4, -0.2) is 62.1 Å². The second-order valence-electron chi connectivity index (χ2n) is 7.54. The number of nitrogens with zero attached hydrogens (tertiary/aromatic N) is 6. The number of aromatic nitrogens is 5. The molecule has 1 aliphatic rings. The van der Waals surface area contributed by atoms with E-state index in [0.717, 1.165) is 29.7 Å². The summed E-state index contributed by atoms with van der Waals surface area (Å²) >= 11 is 0. The second kappa shape index (κ2) is 9.25. The molecule has 0 aromatic carbocycles. The van der Waals surface area contributed by atoms with Crippen LogP contribution in [-0.2, 0) is 16.1 Å². The quantitative estimate of drug-likeness (QED) is 0.525. The molecule has 4 heterocycles. The van der Waals surface area contributed by atoms with Crippen LogP contribution < -0.4 is 10.2 Å². The van der Waals surface area contributed by atoms with Crippen molar-refractivity contribution in [3.05, 3.63) is 30.1 Å². The number of aliphatic carboxylic acids is 1. The Kier molecular flexibility index (Phi) is 6.26. The van der Waals surface area contributed by atoms with E-state index < -0.39 is 11.9 Å². The molecule has 31 heavy (non-hydrogen) atoms. The highest BCUT2D eigenvalue weighted by atomic mass is 16.5. The minimum absolute atomic E-state index is 0.390. The van der Waals surface area contributed by atoms with Crippen molar-refractivity contribution in [1.29, 1.82) is 0 Å². The molecule has 0 unspecified atom stereocenters. The lowest BCUT2D eigenvalue weighted by Gasteiger charge is -2.31. The SMILES string of the molecule is CCOCCn1nc(C)c2nc(N3CCC[C@@H](C(=O)O)C3)nc(Nc3ccccn3)c21. The van der Waals surface area contributed by atoms with Crippen LogP contribution in [0.1, 0.15) is 25.5 Å². The normalized spacial score (nSPS) is 16.6. The van der Waals surface area contributed by atoms with E-state index in [4.69, 9.17) is 14.7 Å². The Morgan fingerprint density at radius 2 is 2.23 bits per heavy atom. The summed E-state index contributed by atoms with van der Waals surface area (Å²) in [7, 11) is 0. The average Bonchev–Trinajstić information content (AvgIpc) is 3.10. The van der Waals surface area contributed by atoms with E-state index in [-0.39, 0.29) is 0 Å². The van der Waals surface area contributed by atoms with Crippen LogP contribution in [0.3, 0.4) is 0 Å². The zero-order valence-electron chi connectivity index (χ0n) is 17.8. The Hall–Kier alpha value is -3.27. The zero-order valence-corrected chi connectivity index (χ0v) is 17.8. The van der Waals surface area contributed by atoms with Gasteiger partial charge in [-0.25, -0.2) is 9.97 Å². The third-order valence-electron chi connectivity index (χ3n) is 5.36. The van der Waals surface area contributed by atoms with Crippen LogP contribution in [0.5, 0.6) is 0 Å². The van der Waals surface area contributed by atoms with Gasteiger partial charge in [-0.1, -0.05) is 6.07 Å². The number of hydrogen-bond donors (Lipinski definition) is 2. The molecule has 3 aromatic heterocycles. The fourth-order valence-corrected chi connectivity index (χ4v) is 3.82. The topological polar surface area (TPSA) is 118 Å².